The van der Waals surface area contributed by atoms with E-state index in [0.717, 1.165) is 11.1 Å². The Morgan fingerprint density at radius 1 is 1.00 bits per heavy atom. The van der Waals surface area contributed by atoms with Crippen LogP contribution >= 0.6 is 0 Å². The Morgan fingerprint density at radius 2 is 1.69 bits per heavy atom. The number of nitrogens with one attached hydrogen (secondary N) is 2. The number of aryl methyl sites for hydroxylation is 2. The summed E-state index contributed by atoms with van der Waals surface area (Å²) in [6.07, 6.45) is 0. The Kier molecular flexibility index (Phi) is 6.49. The molecule has 0 heterocycles. The molecule has 0 aromatic heterocycles. The summed E-state index contributed by atoms with van der Waals surface area (Å²) in [5.41, 5.74) is 3.10. The molecule has 0 bridgehead atoms. The minimum absolute atomic E-state index is 0.373. The highest BCUT2D eigenvalue weighted by Gasteiger charge is 2.19. The van der Waals surface area contributed by atoms with E-state index >= 15 is 0 Å². The summed E-state index contributed by atoms with van der Waals surface area (Å²) >= 11 is 0. The van der Waals surface area contributed by atoms with Crippen LogP contribution in [-0.4, -0.2) is 30.4 Å². The molecular formula is C20H22N2O4. The van der Waals surface area contributed by atoms with E-state index in [-0.39, 0.29) is 5.91 Å². The summed E-state index contributed by atoms with van der Waals surface area (Å²) in [4.78, 5) is 35.9. The normalized spacial score (nSPS) is 11.3. The maximum absolute atomic E-state index is 12.1. The number of benzene rings is 2. The molecule has 2 aromatic rings. The Bertz CT molecular complexity index is 800. The van der Waals surface area contributed by atoms with E-state index in [1.54, 1.807) is 30.3 Å². The molecule has 136 valence electrons. The van der Waals surface area contributed by atoms with Gasteiger partial charge < -0.3 is 15.4 Å². The first-order valence-electron chi connectivity index (χ1n) is 8.26. The second kappa shape index (κ2) is 8.80. The number of hydrogen-bond donors (Lipinski definition) is 2. The smallest absolute Gasteiger partial charge is 0.328 e. The largest absolute Gasteiger partial charge is 0.454 e. The second-order valence-electron chi connectivity index (χ2n) is 6.09. The average molecular weight is 354 g/mol. The van der Waals surface area contributed by atoms with Crippen molar-refractivity contribution >= 4 is 23.5 Å². The number of ether oxygens (including phenoxy) is 1. The lowest BCUT2D eigenvalue weighted by molar-refractivity contribution is -0.148. The van der Waals surface area contributed by atoms with Crippen LogP contribution in [0.1, 0.15) is 28.4 Å². The Morgan fingerprint density at radius 3 is 2.35 bits per heavy atom. The van der Waals surface area contributed by atoms with Crippen LogP contribution in [0.25, 0.3) is 0 Å². The van der Waals surface area contributed by atoms with E-state index in [1.165, 1.54) is 6.92 Å². The first-order chi connectivity index (χ1) is 12.3. The fourth-order valence-electron chi connectivity index (χ4n) is 2.22. The van der Waals surface area contributed by atoms with Crippen molar-refractivity contribution in [2.45, 2.75) is 26.8 Å². The molecule has 0 fully saturated rings. The number of rotatable bonds is 6. The van der Waals surface area contributed by atoms with Gasteiger partial charge in [0, 0.05) is 11.3 Å². The van der Waals surface area contributed by atoms with E-state index in [4.69, 9.17) is 4.74 Å². The van der Waals surface area contributed by atoms with Crippen molar-refractivity contribution in [2.75, 3.05) is 11.9 Å². The van der Waals surface area contributed by atoms with Crippen molar-refractivity contribution in [3.05, 3.63) is 65.2 Å². The lowest BCUT2D eigenvalue weighted by atomic mass is 10.1. The predicted octanol–water partition coefficient (Wildman–Crippen LogP) is 2.60. The molecule has 0 spiro atoms. The number of amides is 2. The first kappa shape index (κ1) is 19.2. The predicted molar refractivity (Wildman–Crippen MR) is 98.9 cm³/mol. The zero-order valence-electron chi connectivity index (χ0n) is 15.0. The van der Waals surface area contributed by atoms with Crippen LogP contribution in [0.4, 0.5) is 5.69 Å². The maximum atomic E-state index is 12.1. The van der Waals surface area contributed by atoms with Crippen molar-refractivity contribution in [2.24, 2.45) is 0 Å². The van der Waals surface area contributed by atoms with Crippen LogP contribution < -0.4 is 10.6 Å². The number of hydrogen-bond acceptors (Lipinski definition) is 4. The summed E-state index contributed by atoms with van der Waals surface area (Å²) in [6.45, 7) is 4.91. The molecule has 0 aliphatic carbocycles. The monoisotopic (exact) mass is 354 g/mol. The summed E-state index contributed by atoms with van der Waals surface area (Å²) in [5.74, 6) is -1.49. The van der Waals surface area contributed by atoms with E-state index in [1.807, 2.05) is 32.0 Å². The highest BCUT2D eigenvalue weighted by Crippen LogP contribution is 2.08. The van der Waals surface area contributed by atoms with Gasteiger partial charge in [0.2, 0.25) is 0 Å². The molecule has 2 amide bonds. The van der Waals surface area contributed by atoms with Crippen LogP contribution in [0.5, 0.6) is 0 Å². The zero-order valence-corrected chi connectivity index (χ0v) is 15.0. The van der Waals surface area contributed by atoms with Gasteiger partial charge in [-0.3, -0.25) is 9.59 Å². The summed E-state index contributed by atoms with van der Waals surface area (Å²) in [5, 5.41) is 5.19. The van der Waals surface area contributed by atoms with E-state index < -0.39 is 24.5 Å². The molecule has 0 unspecified atom stereocenters. The van der Waals surface area contributed by atoms with Crippen molar-refractivity contribution in [3.63, 3.8) is 0 Å². The van der Waals surface area contributed by atoms with E-state index in [9.17, 15) is 14.4 Å². The SMILES string of the molecule is Cc1ccc(NC(=O)COC(=O)[C@H](C)NC(=O)c2cccc(C)c2)cc1. The van der Waals surface area contributed by atoms with Gasteiger partial charge in [0.1, 0.15) is 6.04 Å². The third-order valence-electron chi connectivity index (χ3n) is 3.66. The lowest BCUT2D eigenvalue weighted by Crippen LogP contribution is -2.40. The van der Waals surface area contributed by atoms with Crippen LogP contribution in [0.3, 0.4) is 0 Å². The average Bonchev–Trinajstić information content (AvgIpc) is 2.61. The van der Waals surface area contributed by atoms with Gasteiger partial charge in [0.15, 0.2) is 6.61 Å². The quantitative estimate of drug-likeness (QED) is 0.781. The van der Waals surface area contributed by atoms with Gasteiger partial charge in [0.25, 0.3) is 11.8 Å². The van der Waals surface area contributed by atoms with Gasteiger partial charge in [-0.05, 0) is 45.0 Å². The molecule has 2 aromatic carbocycles. The zero-order chi connectivity index (χ0) is 19.1. The van der Waals surface area contributed by atoms with Crippen molar-refractivity contribution in [3.8, 4) is 0 Å². The van der Waals surface area contributed by atoms with Gasteiger partial charge in [-0.15, -0.1) is 0 Å². The van der Waals surface area contributed by atoms with Crippen LogP contribution in [-0.2, 0) is 14.3 Å². The highest BCUT2D eigenvalue weighted by molar-refractivity contribution is 5.97. The van der Waals surface area contributed by atoms with Crippen LogP contribution in [0, 0.1) is 13.8 Å². The van der Waals surface area contributed by atoms with Gasteiger partial charge in [-0.1, -0.05) is 35.4 Å². The molecule has 1 atom stereocenters. The molecule has 2 rings (SSSR count). The minimum Gasteiger partial charge on any atom is -0.454 e. The fourth-order valence-corrected chi connectivity index (χ4v) is 2.22. The van der Waals surface area contributed by atoms with Gasteiger partial charge in [-0.2, -0.15) is 0 Å². The molecule has 0 saturated carbocycles. The standard InChI is InChI=1S/C20H22N2O4/c1-13-7-9-17(10-8-13)22-18(23)12-26-20(25)15(3)21-19(24)16-6-4-5-14(2)11-16/h4-11,15H,12H2,1-3H3,(H,21,24)(H,22,23)/t15-/m0/s1. The summed E-state index contributed by atoms with van der Waals surface area (Å²) < 4.78 is 4.96. The van der Waals surface area contributed by atoms with E-state index in [0.29, 0.717) is 11.3 Å². The molecule has 0 aliphatic rings. The topological polar surface area (TPSA) is 84.5 Å². The third-order valence-corrected chi connectivity index (χ3v) is 3.66. The van der Waals surface area contributed by atoms with Crippen molar-refractivity contribution in [1.29, 1.82) is 0 Å². The van der Waals surface area contributed by atoms with Crippen molar-refractivity contribution in [1.82, 2.24) is 5.32 Å². The molecule has 26 heavy (non-hydrogen) atoms. The van der Waals surface area contributed by atoms with Gasteiger partial charge in [0.05, 0.1) is 0 Å². The number of carbonyl (C=O) groups is 3. The molecule has 6 heteroatoms. The number of anilines is 1. The van der Waals surface area contributed by atoms with Gasteiger partial charge >= 0.3 is 5.97 Å². The molecule has 6 nitrogen and oxygen atoms in total. The number of carbonyl (C=O) groups excluding carboxylic acids is 3. The molecule has 0 aliphatic heterocycles. The highest BCUT2D eigenvalue weighted by atomic mass is 16.5. The summed E-state index contributed by atoms with van der Waals surface area (Å²) in [6, 6.07) is 13.4. The Hall–Kier alpha value is -3.15. The first-order valence-corrected chi connectivity index (χ1v) is 8.26. The minimum atomic E-state index is -0.866. The Labute approximate surface area is 152 Å². The third kappa shape index (κ3) is 5.73. The Balaban J connectivity index is 1.80. The lowest BCUT2D eigenvalue weighted by Gasteiger charge is -2.13. The van der Waals surface area contributed by atoms with Crippen LogP contribution in [0.2, 0.25) is 0 Å². The van der Waals surface area contributed by atoms with Crippen molar-refractivity contribution < 1.29 is 19.1 Å². The molecular weight excluding hydrogens is 332 g/mol. The van der Waals surface area contributed by atoms with Gasteiger partial charge in [-0.25, -0.2) is 4.79 Å². The maximum Gasteiger partial charge on any atom is 0.328 e. The molecule has 2 N–H and O–H groups in total. The van der Waals surface area contributed by atoms with Crippen LogP contribution in [0.15, 0.2) is 48.5 Å². The summed E-state index contributed by atoms with van der Waals surface area (Å²) in [7, 11) is 0. The molecule has 0 radical (unpaired) electrons. The fraction of sp³-hybridized carbons (Fsp3) is 0.250. The number of esters is 1. The molecule has 0 saturated heterocycles. The van der Waals surface area contributed by atoms with E-state index in [2.05, 4.69) is 10.6 Å². The second-order valence-corrected chi connectivity index (χ2v) is 6.09.